The zero-order chi connectivity index (χ0) is 14.9. The van der Waals surface area contributed by atoms with Crippen LogP contribution in [-0.2, 0) is 10.2 Å². The van der Waals surface area contributed by atoms with Gasteiger partial charge in [-0.05, 0) is 49.4 Å². The van der Waals surface area contributed by atoms with Gasteiger partial charge in [0.25, 0.3) is 0 Å². The lowest BCUT2D eigenvalue weighted by molar-refractivity contribution is -0.145. The molecule has 0 heterocycles. The standard InChI is InChI=1S/C16H20O4/c1-10-8-12(9-13(11(10)2)14(17)18)16(15(19)20)6-4-3-5-7-16/h8-9H,3-7H2,1-2H3,(H,17,18)(H,19,20). The van der Waals surface area contributed by atoms with Crippen molar-refractivity contribution in [2.24, 2.45) is 0 Å². The molecule has 2 N–H and O–H groups in total. The van der Waals surface area contributed by atoms with Crippen molar-refractivity contribution >= 4 is 11.9 Å². The third-order valence-corrected chi connectivity index (χ3v) is 4.57. The highest BCUT2D eigenvalue weighted by atomic mass is 16.4. The molecule has 0 atom stereocenters. The van der Waals surface area contributed by atoms with Crippen molar-refractivity contribution in [3.05, 3.63) is 34.4 Å². The monoisotopic (exact) mass is 276 g/mol. The number of benzene rings is 1. The van der Waals surface area contributed by atoms with E-state index in [2.05, 4.69) is 0 Å². The minimum atomic E-state index is -0.996. The largest absolute Gasteiger partial charge is 0.481 e. The molecule has 4 heteroatoms. The van der Waals surface area contributed by atoms with E-state index in [0.29, 0.717) is 24.0 Å². The van der Waals surface area contributed by atoms with Crippen LogP contribution in [0.1, 0.15) is 59.2 Å². The van der Waals surface area contributed by atoms with Gasteiger partial charge in [-0.2, -0.15) is 0 Å². The lowest BCUT2D eigenvalue weighted by Crippen LogP contribution is -2.38. The molecule has 0 aromatic heterocycles. The summed E-state index contributed by atoms with van der Waals surface area (Å²) >= 11 is 0. The summed E-state index contributed by atoms with van der Waals surface area (Å²) in [4.78, 5) is 23.1. The van der Waals surface area contributed by atoms with Gasteiger partial charge in [-0.3, -0.25) is 4.79 Å². The van der Waals surface area contributed by atoms with Crippen molar-refractivity contribution in [2.75, 3.05) is 0 Å². The number of aromatic carboxylic acids is 1. The van der Waals surface area contributed by atoms with Gasteiger partial charge in [0.1, 0.15) is 0 Å². The van der Waals surface area contributed by atoms with Crippen molar-refractivity contribution in [2.45, 2.75) is 51.4 Å². The second-order valence-corrected chi connectivity index (χ2v) is 5.72. The third-order valence-electron chi connectivity index (χ3n) is 4.57. The van der Waals surface area contributed by atoms with Gasteiger partial charge in [-0.25, -0.2) is 4.79 Å². The second kappa shape index (κ2) is 5.27. The molecule has 1 fully saturated rings. The van der Waals surface area contributed by atoms with Crippen LogP contribution in [0.15, 0.2) is 12.1 Å². The topological polar surface area (TPSA) is 74.6 Å². The minimum Gasteiger partial charge on any atom is -0.481 e. The summed E-state index contributed by atoms with van der Waals surface area (Å²) in [6.07, 6.45) is 3.97. The van der Waals surface area contributed by atoms with E-state index in [1.807, 2.05) is 13.0 Å². The van der Waals surface area contributed by atoms with Crippen LogP contribution in [0.3, 0.4) is 0 Å². The Kier molecular flexibility index (Phi) is 3.84. The molecule has 0 radical (unpaired) electrons. The Morgan fingerprint density at radius 1 is 1.05 bits per heavy atom. The van der Waals surface area contributed by atoms with Crippen LogP contribution < -0.4 is 0 Å². The maximum absolute atomic E-state index is 11.8. The zero-order valence-corrected chi connectivity index (χ0v) is 11.9. The minimum absolute atomic E-state index is 0.214. The van der Waals surface area contributed by atoms with Gasteiger partial charge < -0.3 is 10.2 Å². The molecular formula is C16H20O4. The fourth-order valence-corrected chi connectivity index (χ4v) is 3.14. The van der Waals surface area contributed by atoms with Crippen LogP contribution in [0, 0.1) is 13.8 Å². The highest BCUT2D eigenvalue weighted by Gasteiger charge is 2.41. The van der Waals surface area contributed by atoms with E-state index in [4.69, 9.17) is 0 Å². The number of aliphatic carboxylic acids is 1. The average molecular weight is 276 g/mol. The third kappa shape index (κ3) is 2.30. The number of aryl methyl sites for hydroxylation is 1. The van der Waals surface area contributed by atoms with Crippen LogP contribution in [0.4, 0.5) is 0 Å². The number of carboxylic acids is 2. The Morgan fingerprint density at radius 3 is 2.15 bits per heavy atom. The summed E-state index contributed by atoms with van der Waals surface area (Å²) in [5, 5.41) is 19.0. The first-order valence-electron chi connectivity index (χ1n) is 6.97. The zero-order valence-electron chi connectivity index (χ0n) is 11.9. The number of carbonyl (C=O) groups is 2. The lowest BCUT2D eigenvalue weighted by Gasteiger charge is -2.34. The molecule has 1 aromatic rings. The summed E-state index contributed by atoms with van der Waals surface area (Å²) in [6, 6.07) is 3.41. The molecule has 2 rings (SSSR count). The maximum atomic E-state index is 11.8. The van der Waals surface area contributed by atoms with Crippen molar-refractivity contribution in [1.82, 2.24) is 0 Å². The van der Waals surface area contributed by atoms with E-state index in [-0.39, 0.29) is 5.56 Å². The molecule has 0 bridgehead atoms. The molecule has 0 spiro atoms. The second-order valence-electron chi connectivity index (χ2n) is 5.72. The Morgan fingerprint density at radius 2 is 1.65 bits per heavy atom. The molecule has 108 valence electrons. The molecule has 1 aromatic carbocycles. The average Bonchev–Trinajstić information content (AvgIpc) is 2.41. The molecule has 1 saturated carbocycles. The van der Waals surface area contributed by atoms with Crippen molar-refractivity contribution in [1.29, 1.82) is 0 Å². The van der Waals surface area contributed by atoms with Gasteiger partial charge in [0.2, 0.25) is 0 Å². The Hall–Kier alpha value is -1.84. The van der Waals surface area contributed by atoms with E-state index in [0.717, 1.165) is 24.8 Å². The van der Waals surface area contributed by atoms with Gasteiger partial charge in [-0.1, -0.05) is 25.3 Å². The normalized spacial score (nSPS) is 17.7. The van der Waals surface area contributed by atoms with Crippen LogP contribution in [-0.4, -0.2) is 22.2 Å². The molecular weight excluding hydrogens is 256 g/mol. The molecule has 0 unspecified atom stereocenters. The van der Waals surface area contributed by atoms with Crippen LogP contribution in [0.5, 0.6) is 0 Å². The first-order valence-corrected chi connectivity index (χ1v) is 6.97. The van der Waals surface area contributed by atoms with Crippen LogP contribution >= 0.6 is 0 Å². The highest BCUT2D eigenvalue weighted by Crippen LogP contribution is 2.41. The molecule has 20 heavy (non-hydrogen) atoms. The van der Waals surface area contributed by atoms with E-state index in [1.54, 1.807) is 13.0 Å². The van der Waals surface area contributed by atoms with Crippen LogP contribution in [0.2, 0.25) is 0 Å². The van der Waals surface area contributed by atoms with Gasteiger partial charge in [0.05, 0.1) is 11.0 Å². The van der Waals surface area contributed by atoms with E-state index in [9.17, 15) is 19.8 Å². The van der Waals surface area contributed by atoms with Crippen molar-refractivity contribution < 1.29 is 19.8 Å². The molecule has 4 nitrogen and oxygen atoms in total. The van der Waals surface area contributed by atoms with E-state index < -0.39 is 17.4 Å². The van der Waals surface area contributed by atoms with Gasteiger partial charge >= 0.3 is 11.9 Å². The highest BCUT2D eigenvalue weighted by molar-refractivity contribution is 5.91. The summed E-state index contributed by atoms with van der Waals surface area (Å²) in [5.41, 5.74) is 1.49. The molecule has 0 aliphatic heterocycles. The predicted octanol–water partition coefficient (Wildman–Crippen LogP) is 3.29. The lowest BCUT2D eigenvalue weighted by atomic mass is 9.68. The van der Waals surface area contributed by atoms with Crippen molar-refractivity contribution in [3.63, 3.8) is 0 Å². The fourth-order valence-electron chi connectivity index (χ4n) is 3.14. The molecule has 1 aliphatic rings. The van der Waals surface area contributed by atoms with Gasteiger partial charge in [0.15, 0.2) is 0 Å². The number of hydrogen-bond donors (Lipinski definition) is 2. The quantitative estimate of drug-likeness (QED) is 0.888. The smallest absolute Gasteiger partial charge is 0.335 e. The Labute approximate surface area is 118 Å². The number of hydrogen-bond acceptors (Lipinski definition) is 2. The summed E-state index contributed by atoms with van der Waals surface area (Å²) in [7, 11) is 0. The van der Waals surface area contributed by atoms with Gasteiger partial charge in [-0.15, -0.1) is 0 Å². The SMILES string of the molecule is Cc1cc(C2(C(=O)O)CCCCC2)cc(C(=O)O)c1C. The van der Waals surface area contributed by atoms with Crippen LogP contribution in [0.25, 0.3) is 0 Å². The number of rotatable bonds is 3. The fraction of sp³-hybridized carbons (Fsp3) is 0.500. The maximum Gasteiger partial charge on any atom is 0.335 e. The Bertz CT molecular complexity index is 554. The first-order chi connectivity index (χ1) is 9.38. The molecule has 0 saturated heterocycles. The van der Waals surface area contributed by atoms with E-state index >= 15 is 0 Å². The summed E-state index contributed by atoms with van der Waals surface area (Å²) < 4.78 is 0. The molecule has 1 aliphatic carbocycles. The summed E-state index contributed by atoms with van der Waals surface area (Å²) in [5.74, 6) is -1.83. The number of carboxylic acid groups (broad SMARTS) is 2. The predicted molar refractivity (Wildman–Crippen MR) is 75.3 cm³/mol. The Balaban J connectivity index is 2.60. The van der Waals surface area contributed by atoms with E-state index in [1.165, 1.54) is 0 Å². The first kappa shape index (κ1) is 14.6. The summed E-state index contributed by atoms with van der Waals surface area (Å²) in [6.45, 7) is 3.60. The van der Waals surface area contributed by atoms with Gasteiger partial charge in [0, 0.05) is 0 Å². The van der Waals surface area contributed by atoms with Crippen molar-refractivity contribution in [3.8, 4) is 0 Å². The molecule has 0 amide bonds.